The van der Waals surface area contributed by atoms with E-state index in [2.05, 4.69) is 19.6 Å². The molecule has 0 aliphatic rings. The molecule has 0 atom stereocenters. The molecule has 0 heterocycles. The van der Waals surface area contributed by atoms with Crippen LogP contribution in [0.25, 0.3) is 0 Å². The van der Waals surface area contributed by atoms with Crippen LogP contribution < -0.4 is 5.19 Å². The van der Waals surface area contributed by atoms with E-state index in [4.69, 9.17) is 0 Å². The van der Waals surface area contributed by atoms with Gasteiger partial charge in [-0.3, -0.25) is 4.79 Å². The van der Waals surface area contributed by atoms with E-state index in [0.29, 0.717) is 24.2 Å². The molecule has 106 valence electrons. The number of halogens is 1. The Morgan fingerprint density at radius 2 is 1.79 bits per heavy atom. The van der Waals surface area contributed by atoms with Crippen molar-refractivity contribution in [3.63, 3.8) is 0 Å². The summed E-state index contributed by atoms with van der Waals surface area (Å²) < 4.78 is 13.2. The Balaban J connectivity index is 3.42. The molecule has 19 heavy (non-hydrogen) atoms. The molecule has 1 aromatic rings. The summed E-state index contributed by atoms with van der Waals surface area (Å²) in [5, 5.41) is 1.06. The van der Waals surface area contributed by atoms with E-state index in [0.717, 1.165) is 5.19 Å². The smallest absolute Gasteiger partial charge is 0.254 e. The van der Waals surface area contributed by atoms with E-state index in [9.17, 15) is 9.18 Å². The minimum Gasteiger partial charge on any atom is -0.339 e. The fourth-order valence-electron chi connectivity index (χ4n) is 2.26. The Bertz CT molecular complexity index is 450. The molecular weight excluding hydrogens is 257 g/mol. The van der Waals surface area contributed by atoms with E-state index >= 15 is 0 Å². The van der Waals surface area contributed by atoms with Crippen LogP contribution in [-0.2, 0) is 6.67 Å². The molecule has 0 fully saturated rings. The Kier molecular flexibility index (Phi) is 5.29. The van der Waals surface area contributed by atoms with Gasteiger partial charge in [-0.1, -0.05) is 37.8 Å². The molecule has 0 unspecified atom stereocenters. The summed E-state index contributed by atoms with van der Waals surface area (Å²) in [4.78, 5) is 14.4. The molecule has 0 spiro atoms. The highest BCUT2D eigenvalue weighted by Crippen LogP contribution is 2.16. The number of nitrogens with zero attached hydrogens (tertiary/aromatic N) is 1. The molecule has 0 aliphatic carbocycles. The van der Waals surface area contributed by atoms with Gasteiger partial charge in [-0.05, 0) is 24.6 Å². The molecule has 0 saturated carbocycles. The van der Waals surface area contributed by atoms with Gasteiger partial charge in [0.05, 0.1) is 8.07 Å². The van der Waals surface area contributed by atoms with Gasteiger partial charge in [0, 0.05) is 18.7 Å². The summed E-state index contributed by atoms with van der Waals surface area (Å²) in [6.45, 7) is 11.2. The van der Waals surface area contributed by atoms with Gasteiger partial charge in [-0.15, -0.1) is 0 Å². The lowest BCUT2D eigenvalue weighted by atomic mass is 10.1. The lowest BCUT2D eigenvalue weighted by Crippen LogP contribution is -2.45. The number of carbonyl (C=O) groups is 1. The van der Waals surface area contributed by atoms with E-state index in [-0.39, 0.29) is 5.91 Å². The molecular formula is C15H24FNOSi. The zero-order valence-corrected chi connectivity index (χ0v) is 13.6. The number of amides is 1. The van der Waals surface area contributed by atoms with Crippen molar-refractivity contribution in [1.29, 1.82) is 0 Å². The minimum absolute atomic E-state index is 0.0318. The maximum Gasteiger partial charge on any atom is 0.254 e. The van der Waals surface area contributed by atoms with E-state index < -0.39 is 14.7 Å². The second-order valence-corrected chi connectivity index (χ2v) is 10.7. The lowest BCUT2D eigenvalue weighted by molar-refractivity contribution is 0.0772. The molecule has 0 bridgehead atoms. The third-order valence-corrected chi connectivity index (χ3v) is 5.40. The van der Waals surface area contributed by atoms with Gasteiger partial charge in [0.1, 0.15) is 6.67 Å². The molecule has 4 heteroatoms. The Hall–Kier alpha value is -1.16. The standard InChI is InChI=1S/C15H24FNOSi/c1-6-17(7-2)15(18)14-12(11-16)9-8-10-13(14)19(3,4)5/h8-10H,6-7,11H2,1-5H3. The monoisotopic (exact) mass is 281 g/mol. The van der Waals surface area contributed by atoms with Crippen LogP contribution >= 0.6 is 0 Å². The Morgan fingerprint density at radius 1 is 1.21 bits per heavy atom. The maximum absolute atomic E-state index is 13.2. The first-order valence-electron chi connectivity index (χ1n) is 6.84. The SMILES string of the molecule is CCN(CC)C(=O)c1c(CF)cccc1[Si](C)(C)C. The molecule has 0 aliphatic heterocycles. The summed E-state index contributed by atoms with van der Waals surface area (Å²) in [6.07, 6.45) is 0. The largest absolute Gasteiger partial charge is 0.339 e. The summed E-state index contributed by atoms with van der Waals surface area (Å²) in [5.41, 5.74) is 1.13. The van der Waals surface area contributed by atoms with Crippen LogP contribution in [0.3, 0.4) is 0 Å². The summed E-state index contributed by atoms with van der Waals surface area (Å²) in [5.74, 6) is -0.0318. The highest BCUT2D eigenvalue weighted by molar-refractivity contribution is 6.89. The number of hydrogen-bond donors (Lipinski definition) is 0. The van der Waals surface area contributed by atoms with Crippen LogP contribution in [-0.4, -0.2) is 32.0 Å². The van der Waals surface area contributed by atoms with Crippen LogP contribution in [0.5, 0.6) is 0 Å². The topological polar surface area (TPSA) is 20.3 Å². The van der Waals surface area contributed by atoms with Crippen molar-refractivity contribution >= 4 is 19.2 Å². The first kappa shape index (κ1) is 15.9. The van der Waals surface area contributed by atoms with Gasteiger partial charge in [-0.25, -0.2) is 4.39 Å². The molecule has 0 radical (unpaired) electrons. The predicted octanol–water partition coefficient (Wildman–Crippen LogP) is 3.18. The molecule has 1 rings (SSSR count). The van der Waals surface area contributed by atoms with E-state index in [1.54, 1.807) is 11.0 Å². The van der Waals surface area contributed by atoms with E-state index in [1.165, 1.54) is 0 Å². The summed E-state index contributed by atoms with van der Waals surface area (Å²) >= 11 is 0. The zero-order valence-electron chi connectivity index (χ0n) is 12.6. The summed E-state index contributed by atoms with van der Waals surface area (Å²) in [7, 11) is -1.67. The van der Waals surface area contributed by atoms with Crippen molar-refractivity contribution in [2.45, 2.75) is 40.2 Å². The first-order valence-corrected chi connectivity index (χ1v) is 10.3. The minimum atomic E-state index is -1.67. The molecule has 0 saturated heterocycles. The first-order chi connectivity index (χ1) is 8.86. The second kappa shape index (κ2) is 6.33. The highest BCUT2D eigenvalue weighted by Gasteiger charge is 2.27. The molecule has 1 amide bonds. The van der Waals surface area contributed by atoms with Crippen molar-refractivity contribution in [3.8, 4) is 0 Å². The zero-order chi connectivity index (χ0) is 14.6. The van der Waals surface area contributed by atoms with Crippen LogP contribution in [0.4, 0.5) is 4.39 Å². The summed E-state index contributed by atoms with van der Waals surface area (Å²) in [6, 6.07) is 5.57. The molecule has 1 aromatic carbocycles. The second-order valence-electron chi connectivity index (χ2n) is 5.70. The van der Waals surface area contributed by atoms with Gasteiger partial charge < -0.3 is 4.90 Å². The average molecular weight is 281 g/mol. The Morgan fingerprint density at radius 3 is 2.21 bits per heavy atom. The van der Waals surface area contributed by atoms with Crippen LogP contribution in [0, 0.1) is 0 Å². The normalized spacial score (nSPS) is 11.5. The molecule has 0 N–H and O–H groups in total. The number of rotatable bonds is 5. The van der Waals surface area contributed by atoms with Gasteiger partial charge in [0.25, 0.3) is 5.91 Å². The third-order valence-electron chi connectivity index (χ3n) is 3.37. The van der Waals surface area contributed by atoms with Crippen molar-refractivity contribution in [3.05, 3.63) is 29.3 Å². The maximum atomic E-state index is 13.2. The van der Waals surface area contributed by atoms with Crippen molar-refractivity contribution in [1.82, 2.24) is 4.90 Å². The predicted molar refractivity (Wildman–Crippen MR) is 81.5 cm³/mol. The average Bonchev–Trinajstić information content (AvgIpc) is 2.38. The van der Waals surface area contributed by atoms with Crippen LogP contribution in [0.1, 0.15) is 29.8 Å². The van der Waals surface area contributed by atoms with Gasteiger partial charge in [-0.2, -0.15) is 0 Å². The fourth-order valence-corrected chi connectivity index (χ4v) is 3.87. The number of alkyl halides is 1. The van der Waals surface area contributed by atoms with E-state index in [1.807, 2.05) is 26.0 Å². The third kappa shape index (κ3) is 3.44. The molecule has 2 nitrogen and oxygen atoms in total. The lowest BCUT2D eigenvalue weighted by Gasteiger charge is -2.26. The van der Waals surface area contributed by atoms with Crippen LogP contribution in [0.15, 0.2) is 18.2 Å². The van der Waals surface area contributed by atoms with Crippen molar-refractivity contribution in [2.75, 3.05) is 13.1 Å². The van der Waals surface area contributed by atoms with Gasteiger partial charge in [0.2, 0.25) is 0 Å². The fraction of sp³-hybridized carbons (Fsp3) is 0.533. The van der Waals surface area contributed by atoms with Crippen molar-refractivity contribution < 1.29 is 9.18 Å². The number of hydrogen-bond acceptors (Lipinski definition) is 1. The number of carbonyl (C=O) groups excluding carboxylic acids is 1. The van der Waals surface area contributed by atoms with Crippen LogP contribution in [0.2, 0.25) is 19.6 Å². The highest BCUT2D eigenvalue weighted by atomic mass is 28.3. The van der Waals surface area contributed by atoms with Gasteiger partial charge in [0.15, 0.2) is 0 Å². The molecule has 0 aromatic heterocycles. The number of benzene rings is 1. The quantitative estimate of drug-likeness (QED) is 0.759. The van der Waals surface area contributed by atoms with Gasteiger partial charge >= 0.3 is 0 Å². The van der Waals surface area contributed by atoms with Crippen molar-refractivity contribution in [2.24, 2.45) is 0 Å². The Labute approximate surface area is 116 Å².